The van der Waals surface area contributed by atoms with Gasteiger partial charge < -0.3 is 14.6 Å². The van der Waals surface area contributed by atoms with Crippen molar-refractivity contribution in [2.75, 3.05) is 29.3 Å². The Morgan fingerprint density at radius 2 is 2.03 bits per heavy atom. The lowest BCUT2D eigenvalue weighted by Gasteiger charge is -2.36. The van der Waals surface area contributed by atoms with Gasteiger partial charge in [-0.3, -0.25) is 14.4 Å². The average molecular weight is 472 g/mol. The van der Waals surface area contributed by atoms with Crippen LogP contribution in [0, 0.1) is 11.3 Å². The predicted octanol–water partition coefficient (Wildman–Crippen LogP) is 1.58. The number of fused-ring (bicyclic) bond motifs is 1. The molecule has 4 rings (SSSR count). The summed E-state index contributed by atoms with van der Waals surface area (Å²) in [5, 5.41) is 20.3. The summed E-state index contributed by atoms with van der Waals surface area (Å²) in [7, 11) is -4.24. The first-order valence-corrected chi connectivity index (χ1v) is 10.9. The second kappa shape index (κ2) is 8.32. The first-order valence-electron chi connectivity index (χ1n) is 9.49. The van der Waals surface area contributed by atoms with Crippen LogP contribution in [0.1, 0.15) is 5.56 Å². The van der Waals surface area contributed by atoms with Gasteiger partial charge in [-0.15, -0.1) is 0 Å². The summed E-state index contributed by atoms with van der Waals surface area (Å²) < 4.78 is 38.5. The Balaban J connectivity index is 1.75. The molecule has 0 saturated carbocycles. The zero-order chi connectivity index (χ0) is 23.8. The summed E-state index contributed by atoms with van der Waals surface area (Å²) in [5.41, 5.74) is 0.288. The van der Waals surface area contributed by atoms with Crippen LogP contribution in [0.15, 0.2) is 47.4 Å². The highest BCUT2D eigenvalue weighted by Crippen LogP contribution is 2.39. The Morgan fingerprint density at radius 1 is 1.24 bits per heavy atom. The number of sulfonamides is 1. The minimum Gasteiger partial charge on any atom is -0.484 e. The molecule has 0 unspecified atom stereocenters. The highest BCUT2D eigenvalue weighted by Gasteiger charge is 2.39. The second-order valence-electron chi connectivity index (χ2n) is 7.09. The van der Waals surface area contributed by atoms with E-state index in [4.69, 9.17) is 15.1 Å². The van der Waals surface area contributed by atoms with Gasteiger partial charge in [-0.2, -0.15) is 5.26 Å². The van der Waals surface area contributed by atoms with Crippen LogP contribution in [0.2, 0.25) is 0 Å². The lowest BCUT2D eigenvalue weighted by atomic mass is 10.2. The fraction of sp³-hybridized carbons (Fsp3) is 0.200. The molecule has 0 spiro atoms. The Hall–Kier alpha value is -4.31. The third kappa shape index (κ3) is 4.23. The number of benzene rings is 2. The number of carbonyl (C=O) groups excluding carboxylic acids is 2. The van der Waals surface area contributed by atoms with Gasteiger partial charge in [-0.05, 0) is 36.4 Å². The molecular weight excluding hydrogens is 456 g/mol. The fourth-order valence-corrected chi connectivity index (χ4v) is 5.00. The number of cyclic esters (lactones) is 1. The van der Waals surface area contributed by atoms with Crippen LogP contribution < -0.4 is 14.4 Å². The number of anilines is 2. The topological polar surface area (TPSA) is 166 Å². The van der Waals surface area contributed by atoms with Crippen molar-refractivity contribution in [3.8, 4) is 11.8 Å². The Morgan fingerprint density at radius 3 is 2.70 bits per heavy atom. The molecule has 2 aliphatic heterocycles. The van der Waals surface area contributed by atoms with Crippen molar-refractivity contribution in [3.63, 3.8) is 0 Å². The van der Waals surface area contributed by atoms with E-state index in [1.807, 2.05) is 6.07 Å². The Bertz CT molecular complexity index is 1290. The monoisotopic (exact) mass is 472 g/mol. The van der Waals surface area contributed by atoms with E-state index in [1.54, 1.807) is 0 Å². The maximum Gasteiger partial charge on any atom is 0.417 e. The summed E-state index contributed by atoms with van der Waals surface area (Å²) in [6, 6.07) is 11.3. The van der Waals surface area contributed by atoms with E-state index < -0.39 is 40.8 Å². The molecule has 2 aliphatic rings. The summed E-state index contributed by atoms with van der Waals surface area (Å²) in [4.78, 5) is 35.4. The van der Waals surface area contributed by atoms with E-state index in [0.717, 1.165) is 9.21 Å². The number of hydrogen-bond donors (Lipinski definition) is 2. The minimum absolute atomic E-state index is 0.0511. The molecule has 0 aromatic heterocycles. The third-order valence-corrected chi connectivity index (χ3v) is 6.70. The van der Waals surface area contributed by atoms with Crippen LogP contribution in [-0.2, 0) is 19.6 Å². The van der Waals surface area contributed by atoms with E-state index >= 15 is 0 Å². The van der Waals surface area contributed by atoms with Gasteiger partial charge in [0.2, 0.25) is 0 Å². The van der Waals surface area contributed by atoms with Crippen LogP contribution >= 0.6 is 0 Å². The lowest BCUT2D eigenvalue weighted by Crippen LogP contribution is -2.49. The van der Waals surface area contributed by atoms with Crippen molar-refractivity contribution in [3.05, 3.63) is 48.0 Å². The van der Waals surface area contributed by atoms with Gasteiger partial charge in [0.1, 0.15) is 11.9 Å². The summed E-state index contributed by atoms with van der Waals surface area (Å²) >= 11 is 0. The van der Waals surface area contributed by atoms with Crippen molar-refractivity contribution in [1.29, 1.82) is 5.26 Å². The number of ether oxygens (including phenoxy) is 2. The maximum absolute atomic E-state index is 13.5. The van der Waals surface area contributed by atoms with Crippen molar-refractivity contribution < 1.29 is 37.4 Å². The zero-order valence-electron chi connectivity index (χ0n) is 16.8. The predicted molar refractivity (Wildman–Crippen MR) is 111 cm³/mol. The molecule has 3 amide bonds. The molecule has 13 heteroatoms. The number of rotatable bonds is 5. The van der Waals surface area contributed by atoms with Gasteiger partial charge >= 0.3 is 12.2 Å². The molecule has 1 saturated heterocycles. The van der Waals surface area contributed by atoms with Gasteiger partial charge in [0, 0.05) is 5.69 Å². The number of carboxylic acid groups (broad SMARTS) is 1. The number of nitriles is 1. The molecule has 12 nitrogen and oxygen atoms in total. The Labute approximate surface area is 187 Å². The van der Waals surface area contributed by atoms with Gasteiger partial charge in [-0.25, -0.2) is 22.9 Å². The zero-order valence-corrected chi connectivity index (χ0v) is 17.6. The molecular formula is C20H16N4O8S. The van der Waals surface area contributed by atoms with Crippen LogP contribution in [0.25, 0.3) is 0 Å². The maximum atomic E-state index is 13.5. The Kier molecular flexibility index (Phi) is 5.52. The first-order chi connectivity index (χ1) is 15.7. The number of nitrogens with one attached hydrogen (secondary N) is 1. The number of imide groups is 1. The average Bonchev–Trinajstić information content (AvgIpc) is 3.10. The molecule has 0 bridgehead atoms. The molecule has 2 aromatic carbocycles. The summed E-state index contributed by atoms with van der Waals surface area (Å²) in [6.45, 7) is -0.953. The molecule has 2 heterocycles. The highest BCUT2D eigenvalue weighted by atomic mass is 32.2. The van der Waals surface area contributed by atoms with E-state index in [1.165, 1.54) is 42.5 Å². The van der Waals surface area contributed by atoms with Crippen molar-refractivity contribution in [2.24, 2.45) is 0 Å². The first kappa shape index (κ1) is 21.9. The van der Waals surface area contributed by atoms with Gasteiger partial charge in [0.15, 0.2) is 6.61 Å². The highest BCUT2D eigenvalue weighted by molar-refractivity contribution is 7.92. The molecule has 1 fully saturated rings. The standard InChI is InChI=1S/C20H16N4O8S/c21-8-12-2-1-3-15(6-12)33(29,30)24-10-14(9-23-18(25)11-31-20(23)28)32-17-5-4-13(7-16(17)24)22-19(26)27/h1-7,14,22H,9-11H2,(H,26,27)/t14-/m0/s1. The van der Waals surface area contributed by atoms with Crippen LogP contribution in [0.3, 0.4) is 0 Å². The van der Waals surface area contributed by atoms with Crippen molar-refractivity contribution in [2.45, 2.75) is 11.0 Å². The smallest absolute Gasteiger partial charge is 0.417 e. The second-order valence-corrected chi connectivity index (χ2v) is 8.95. The van der Waals surface area contributed by atoms with Crippen LogP contribution in [0.5, 0.6) is 5.75 Å². The lowest BCUT2D eigenvalue weighted by molar-refractivity contribution is -0.126. The quantitative estimate of drug-likeness (QED) is 0.657. The van der Waals surface area contributed by atoms with Crippen LogP contribution in [0.4, 0.5) is 21.0 Å². The van der Waals surface area contributed by atoms with E-state index in [2.05, 4.69) is 10.1 Å². The van der Waals surface area contributed by atoms with E-state index in [-0.39, 0.29) is 40.7 Å². The van der Waals surface area contributed by atoms with Crippen molar-refractivity contribution in [1.82, 2.24) is 4.90 Å². The van der Waals surface area contributed by atoms with Gasteiger partial charge in [0.25, 0.3) is 15.9 Å². The number of carbonyl (C=O) groups is 3. The molecule has 0 radical (unpaired) electrons. The largest absolute Gasteiger partial charge is 0.484 e. The van der Waals surface area contributed by atoms with Crippen LogP contribution in [-0.4, -0.2) is 62.3 Å². The van der Waals surface area contributed by atoms with E-state index in [9.17, 15) is 22.8 Å². The van der Waals surface area contributed by atoms with Gasteiger partial charge in [0.05, 0.1) is 35.3 Å². The third-order valence-electron chi connectivity index (χ3n) is 4.92. The summed E-state index contributed by atoms with van der Waals surface area (Å²) in [6.07, 6.45) is -3.13. The normalized spacial score (nSPS) is 17.6. The van der Waals surface area contributed by atoms with E-state index in [0.29, 0.717) is 0 Å². The number of nitrogens with zero attached hydrogens (tertiary/aromatic N) is 3. The molecule has 2 aromatic rings. The minimum atomic E-state index is -4.24. The van der Waals surface area contributed by atoms with Gasteiger partial charge in [-0.1, -0.05) is 6.07 Å². The molecule has 170 valence electrons. The SMILES string of the molecule is N#Cc1cccc(S(=O)(=O)N2C[C@H](CN3C(=O)COC3=O)Oc3ccc(NC(=O)O)cc32)c1. The molecule has 33 heavy (non-hydrogen) atoms. The number of amides is 3. The molecule has 1 atom stereocenters. The number of hydrogen-bond acceptors (Lipinski definition) is 8. The molecule has 0 aliphatic carbocycles. The van der Waals surface area contributed by atoms with Crippen molar-refractivity contribution >= 4 is 39.5 Å². The molecule has 2 N–H and O–H groups in total. The fourth-order valence-electron chi connectivity index (χ4n) is 3.45. The summed E-state index contributed by atoms with van der Waals surface area (Å²) in [5.74, 6) is -0.478.